The summed E-state index contributed by atoms with van der Waals surface area (Å²) in [6, 6.07) is 0. The molecule has 1 atom stereocenters. The van der Waals surface area contributed by atoms with Gasteiger partial charge in [-0.1, -0.05) is 0 Å². The monoisotopic (exact) mass is 107 g/mol. The first kappa shape index (κ1) is 5.70. The van der Waals surface area contributed by atoms with E-state index in [-0.39, 0.29) is 0 Å². The average Bonchev–Trinajstić information content (AvgIpc) is 1.65. The minimum atomic E-state index is -0.444. The van der Waals surface area contributed by atoms with Crippen molar-refractivity contribution in [2.24, 2.45) is 0 Å². The first-order valence-electron chi connectivity index (χ1n) is 1.36. The lowest BCUT2D eigenvalue weighted by Gasteiger charge is -1.90. The lowest BCUT2D eigenvalue weighted by atomic mass is 11.2. The molecule has 0 saturated carbocycles. The third kappa shape index (κ3) is 1.97. The quantitative estimate of drug-likeness (QED) is 0.447. The maximum atomic E-state index is 9.83. The molecule has 1 amide bonds. The SMILES string of the molecule is COC(=O)NP. The van der Waals surface area contributed by atoms with Gasteiger partial charge in [0.1, 0.15) is 0 Å². The summed E-state index contributed by atoms with van der Waals surface area (Å²) in [4.78, 5) is 9.83. The topological polar surface area (TPSA) is 38.3 Å². The van der Waals surface area contributed by atoms with E-state index in [9.17, 15) is 4.79 Å². The molecule has 0 spiro atoms. The van der Waals surface area contributed by atoms with Gasteiger partial charge >= 0.3 is 6.09 Å². The average molecular weight is 107 g/mol. The summed E-state index contributed by atoms with van der Waals surface area (Å²) in [5, 5.41) is 2.17. The molecule has 0 saturated heterocycles. The van der Waals surface area contributed by atoms with E-state index in [1.165, 1.54) is 7.11 Å². The molecule has 0 aliphatic heterocycles. The second-order valence-corrected chi connectivity index (χ2v) is 0.925. The standard InChI is InChI=1S/C2H6NO2P/c1-5-2(4)3-6/h6H2,1H3,(H,3,4). The van der Waals surface area contributed by atoms with E-state index in [0.29, 0.717) is 0 Å². The zero-order valence-electron chi connectivity index (χ0n) is 3.39. The Morgan fingerprint density at radius 3 is 2.50 bits per heavy atom. The van der Waals surface area contributed by atoms with Crippen molar-refractivity contribution in [3.05, 3.63) is 0 Å². The predicted octanol–water partition coefficient (Wildman–Crippen LogP) is 0.132. The van der Waals surface area contributed by atoms with Crippen molar-refractivity contribution < 1.29 is 9.53 Å². The Balaban J connectivity index is 2.99. The van der Waals surface area contributed by atoms with Gasteiger partial charge in [0.15, 0.2) is 0 Å². The van der Waals surface area contributed by atoms with Crippen LogP contribution in [0.15, 0.2) is 0 Å². The van der Waals surface area contributed by atoms with Crippen molar-refractivity contribution >= 4 is 15.5 Å². The molecule has 1 unspecified atom stereocenters. The first-order chi connectivity index (χ1) is 2.81. The smallest absolute Gasteiger partial charge is 0.409 e. The highest BCUT2D eigenvalue weighted by molar-refractivity contribution is 7.15. The molecule has 3 nitrogen and oxygen atoms in total. The van der Waals surface area contributed by atoms with E-state index in [1.807, 2.05) is 9.39 Å². The highest BCUT2D eigenvalue weighted by atomic mass is 31.0. The van der Waals surface area contributed by atoms with Crippen LogP contribution in [0.5, 0.6) is 0 Å². The zero-order chi connectivity index (χ0) is 4.99. The molecule has 0 aliphatic carbocycles. The van der Waals surface area contributed by atoms with Crippen LogP contribution in [0.25, 0.3) is 0 Å². The van der Waals surface area contributed by atoms with Crippen molar-refractivity contribution in [1.29, 1.82) is 0 Å². The highest BCUT2D eigenvalue weighted by Gasteiger charge is 1.85. The molecule has 0 aliphatic rings. The van der Waals surface area contributed by atoms with E-state index in [1.54, 1.807) is 0 Å². The van der Waals surface area contributed by atoms with Crippen molar-refractivity contribution in [3.63, 3.8) is 0 Å². The van der Waals surface area contributed by atoms with Crippen molar-refractivity contribution in [1.82, 2.24) is 5.09 Å². The van der Waals surface area contributed by atoms with Gasteiger partial charge in [-0.3, -0.25) is 0 Å². The summed E-state index contributed by atoms with van der Waals surface area (Å²) in [7, 11) is 3.32. The van der Waals surface area contributed by atoms with Gasteiger partial charge in [0.2, 0.25) is 0 Å². The van der Waals surface area contributed by atoms with Gasteiger partial charge in [0.05, 0.1) is 7.11 Å². The molecule has 36 valence electrons. The van der Waals surface area contributed by atoms with Crippen LogP contribution in [0.4, 0.5) is 4.79 Å². The molecule has 0 radical (unpaired) electrons. The third-order valence-electron chi connectivity index (χ3n) is 0.303. The fraction of sp³-hybridized carbons (Fsp3) is 0.500. The van der Waals surface area contributed by atoms with E-state index in [2.05, 4.69) is 9.82 Å². The second kappa shape index (κ2) is 2.91. The first-order valence-corrected chi connectivity index (χ1v) is 1.93. The van der Waals surface area contributed by atoms with Crippen molar-refractivity contribution in [2.75, 3.05) is 7.11 Å². The molecule has 0 aromatic carbocycles. The largest absolute Gasteiger partial charge is 0.453 e. The summed E-state index contributed by atoms with van der Waals surface area (Å²) in [5.74, 6) is 0. The van der Waals surface area contributed by atoms with Crippen LogP contribution < -0.4 is 5.09 Å². The molecule has 0 bridgehead atoms. The highest BCUT2D eigenvalue weighted by Crippen LogP contribution is 1.72. The number of hydrogen-bond acceptors (Lipinski definition) is 2. The van der Waals surface area contributed by atoms with Crippen LogP contribution in [0.2, 0.25) is 0 Å². The molecular weight excluding hydrogens is 101 g/mol. The van der Waals surface area contributed by atoms with Gasteiger partial charge in [-0.15, -0.1) is 0 Å². The Hall–Kier alpha value is -0.300. The van der Waals surface area contributed by atoms with Gasteiger partial charge in [-0.2, -0.15) is 0 Å². The van der Waals surface area contributed by atoms with Crippen LogP contribution >= 0.6 is 9.39 Å². The number of methoxy groups -OCH3 is 1. The van der Waals surface area contributed by atoms with Crippen LogP contribution in [-0.2, 0) is 4.74 Å². The Morgan fingerprint density at radius 2 is 2.50 bits per heavy atom. The van der Waals surface area contributed by atoms with Crippen LogP contribution in [0.1, 0.15) is 0 Å². The minimum Gasteiger partial charge on any atom is -0.453 e. The lowest BCUT2D eigenvalue weighted by Crippen LogP contribution is -2.09. The number of carbonyl (C=O) groups excluding carboxylic acids is 1. The fourth-order valence-corrected chi connectivity index (χ4v) is 0.177. The summed E-state index contributed by atoms with van der Waals surface area (Å²) < 4.78 is 4.13. The molecule has 4 heteroatoms. The molecule has 0 heterocycles. The van der Waals surface area contributed by atoms with Crippen LogP contribution in [0, 0.1) is 0 Å². The number of rotatable bonds is 0. The van der Waals surface area contributed by atoms with Gasteiger partial charge in [-0.05, 0) is 9.39 Å². The number of ether oxygens (including phenoxy) is 1. The molecular formula is C2H6NO2P. The molecule has 0 aromatic rings. The summed E-state index contributed by atoms with van der Waals surface area (Å²) in [6.45, 7) is 0. The third-order valence-corrected chi connectivity index (χ3v) is 0.539. The molecule has 0 fully saturated rings. The van der Waals surface area contributed by atoms with Gasteiger partial charge in [0.25, 0.3) is 0 Å². The van der Waals surface area contributed by atoms with Gasteiger partial charge < -0.3 is 9.82 Å². The Bertz CT molecular complexity index is 49.5. The van der Waals surface area contributed by atoms with Crippen LogP contribution in [-0.4, -0.2) is 13.2 Å². The zero-order valence-corrected chi connectivity index (χ0v) is 4.55. The number of amides is 1. The van der Waals surface area contributed by atoms with Gasteiger partial charge in [-0.25, -0.2) is 4.79 Å². The molecule has 6 heavy (non-hydrogen) atoms. The maximum absolute atomic E-state index is 9.83. The van der Waals surface area contributed by atoms with E-state index >= 15 is 0 Å². The molecule has 0 rings (SSSR count). The van der Waals surface area contributed by atoms with Crippen molar-refractivity contribution in [2.45, 2.75) is 0 Å². The van der Waals surface area contributed by atoms with Crippen LogP contribution in [0.3, 0.4) is 0 Å². The van der Waals surface area contributed by atoms with Crippen molar-refractivity contribution in [3.8, 4) is 0 Å². The normalized spacial score (nSPS) is 7.00. The second-order valence-electron chi connectivity index (χ2n) is 0.636. The number of carbonyl (C=O) groups is 1. The summed E-state index contributed by atoms with van der Waals surface area (Å²) in [6.07, 6.45) is -0.444. The Morgan fingerprint density at radius 1 is 2.00 bits per heavy atom. The Labute approximate surface area is 38.3 Å². The van der Waals surface area contributed by atoms with E-state index in [0.717, 1.165) is 0 Å². The molecule has 1 N–H and O–H groups in total. The lowest BCUT2D eigenvalue weighted by molar-refractivity contribution is 0.178. The maximum Gasteiger partial charge on any atom is 0.409 e. The number of nitrogens with one attached hydrogen (secondary N) is 1. The van der Waals surface area contributed by atoms with Gasteiger partial charge in [0, 0.05) is 0 Å². The number of hydrogen-bond donors (Lipinski definition) is 1. The van der Waals surface area contributed by atoms with E-state index in [4.69, 9.17) is 0 Å². The Kier molecular flexibility index (Phi) is 2.77. The summed E-state index contributed by atoms with van der Waals surface area (Å²) in [5.41, 5.74) is 0. The minimum absolute atomic E-state index is 0.444. The van der Waals surface area contributed by atoms with E-state index < -0.39 is 6.09 Å². The summed E-state index contributed by atoms with van der Waals surface area (Å²) >= 11 is 0. The predicted molar refractivity (Wildman–Crippen MR) is 25.3 cm³/mol. The fourth-order valence-electron chi connectivity index (χ4n) is 0.0589. The molecule has 0 aromatic heterocycles.